The van der Waals surface area contributed by atoms with Gasteiger partial charge in [-0.3, -0.25) is 4.79 Å². The first kappa shape index (κ1) is 14.4. The minimum atomic E-state index is -3.65. The van der Waals surface area contributed by atoms with Gasteiger partial charge in [-0.15, -0.1) is 0 Å². The van der Waals surface area contributed by atoms with Crippen LogP contribution < -0.4 is 16.2 Å². The van der Waals surface area contributed by atoms with Gasteiger partial charge >= 0.3 is 0 Å². The zero-order valence-electron chi connectivity index (χ0n) is 9.54. The molecule has 8 heteroatoms. The molecule has 0 bridgehead atoms. The summed E-state index contributed by atoms with van der Waals surface area (Å²) in [4.78, 5) is 10.5. The van der Waals surface area contributed by atoms with Crippen molar-refractivity contribution in [2.24, 2.45) is 5.73 Å². The number of sulfonamides is 1. The summed E-state index contributed by atoms with van der Waals surface area (Å²) in [7, 11) is -3.65. The van der Waals surface area contributed by atoms with Crippen LogP contribution in [-0.4, -0.2) is 32.1 Å². The van der Waals surface area contributed by atoms with Gasteiger partial charge in [0.15, 0.2) is 0 Å². The molecule has 1 aromatic rings. The van der Waals surface area contributed by atoms with E-state index in [9.17, 15) is 13.2 Å². The molecule has 0 saturated carbocycles. The molecule has 1 unspecified atom stereocenters. The SMILES string of the molecule is NC(=O)C(O)CNS(=O)(=O)Cc1cccc(N)c1. The number of hydrogen-bond donors (Lipinski definition) is 4. The average molecular weight is 273 g/mol. The molecule has 0 saturated heterocycles. The third-order valence-corrected chi connectivity index (χ3v) is 3.45. The van der Waals surface area contributed by atoms with Gasteiger partial charge in [0.25, 0.3) is 0 Å². The van der Waals surface area contributed by atoms with Crippen molar-refractivity contribution in [1.82, 2.24) is 4.72 Å². The third kappa shape index (κ3) is 4.70. The molecule has 0 heterocycles. The van der Waals surface area contributed by atoms with Crippen molar-refractivity contribution in [3.05, 3.63) is 29.8 Å². The monoisotopic (exact) mass is 273 g/mol. The minimum absolute atomic E-state index is 0.288. The second kappa shape index (κ2) is 5.80. The van der Waals surface area contributed by atoms with E-state index in [0.29, 0.717) is 11.3 Å². The number of aliphatic hydroxyl groups is 1. The van der Waals surface area contributed by atoms with E-state index in [1.165, 1.54) is 6.07 Å². The van der Waals surface area contributed by atoms with E-state index in [0.717, 1.165) is 0 Å². The van der Waals surface area contributed by atoms with Crippen LogP contribution in [-0.2, 0) is 20.6 Å². The summed E-state index contributed by atoms with van der Waals surface area (Å²) in [6.07, 6.45) is -1.54. The van der Waals surface area contributed by atoms with E-state index in [1.54, 1.807) is 18.2 Å². The van der Waals surface area contributed by atoms with E-state index in [1.807, 2.05) is 0 Å². The lowest BCUT2D eigenvalue weighted by Gasteiger charge is -2.09. The van der Waals surface area contributed by atoms with Crippen molar-refractivity contribution in [3.8, 4) is 0 Å². The molecular weight excluding hydrogens is 258 g/mol. The lowest BCUT2D eigenvalue weighted by molar-refractivity contribution is -0.125. The standard InChI is InChI=1S/C10H15N3O4S/c11-8-3-1-2-7(4-8)6-18(16,17)13-5-9(14)10(12)15/h1-4,9,13-14H,5-6,11H2,(H2,12,15). The van der Waals surface area contributed by atoms with Crippen molar-refractivity contribution in [3.63, 3.8) is 0 Å². The molecule has 0 aliphatic carbocycles. The van der Waals surface area contributed by atoms with Crippen molar-refractivity contribution >= 4 is 21.6 Å². The zero-order chi connectivity index (χ0) is 13.8. The normalized spacial score (nSPS) is 13.2. The number of aliphatic hydroxyl groups excluding tert-OH is 1. The lowest BCUT2D eigenvalue weighted by Crippen LogP contribution is -2.40. The van der Waals surface area contributed by atoms with Crippen LogP contribution in [0.4, 0.5) is 5.69 Å². The molecule has 100 valence electrons. The van der Waals surface area contributed by atoms with E-state index >= 15 is 0 Å². The molecule has 0 radical (unpaired) electrons. The van der Waals surface area contributed by atoms with Crippen molar-refractivity contribution in [1.29, 1.82) is 0 Å². The Kier molecular flexibility index (Phi) is 4.65. The summed E-state index contributed by atoms with van der Waals surface area (Å²) in [5.41, 5.74) is 11.3. The maximum absolute atomic E-state index is 11.6. The first-order chi connectivity index (χ1) is 8.30. The van der Waals surface area contributed by atoms with Crippen LogP contribution in [0.2, 0.25) is 0 Å². The Bertz CT molecular complexity index is 530. The number of hydrogen-bond acceptors (Lipinski definition) is 5. The highest BCUT2D eigenvalue weighted by atomic mass is 32.2. The van der Waals surface area contributed by atoms with Gasteiger partial charge in [0, 0.05) is 12.2 Å². The van der Waals surface area contributed by atoms with Gasteiger partial charge in [-0.1, -0.05) is 12.1 Å². The first-order valence-electron chi connectivity index (χ1n) is 5.09. The molecular formula is C10H15N3O4S. The number of nitrogen functional groups attached to an aromatic ring is 1. The Morgan fingerprint density at radius 1 is 1.44 bits per heavy atom. The predicted molar refractivity (Wildman–Crippen MR) is 66.7 cm³/mol. The Labute approximate surface area is 105 Å². The number of primary amides is 1. The van der Waals surface area contributed by atoms with Crippen LogP contribution in [0.15, 0.2) is 24.3 Å². The summed E-state index contributed by atoms with van der Waals surface area (Å²) in [5.74, 6) is -1.27. The minimum Gasteiger partial charge on any atom is -0.399 e. The van der Waals surface area contributed by atoms with E-state index in [4.69, 9.17) is 16.6 Å². The molecule has 1 aromatic carbocycles. The van der Waals surface area contributed by atoms with Crippen LogP contribution in [0.3, 0.4) is 0 Å². The van der Waals surface area contributed by atoms with Crippen LogP contribution in [0.1, 0.15) is 5.56 Å². The summed E-state index contributed by atoms with van der Waals surface area (Å²) < 4.78 is 25.3. The Morgan fingerprint density at radius 2 is 2.11 bits per heavy atom. The fourth-order valence-corrected chi connectivity index (χ4v) is 2.39. The summed E-state index contributed by atoms with van der Waals surface area (Å²) in [5, 5.41) is 9.08. The number of anilines is 1. The molecule has 0 spiro atoms. The molecule has 1 amide bonds. The smallest absolute Gasteiger partial charge is 0.247 e. The van der Waals surface area contributed by atoms with Gasteiger partial charge < -0.3 is 16.6 Å². The van der Waals surface area contributed by atoms with Gasteiger partial charge in [0.05, 0.1) is 5.75 Å². The number of amides is 1. The molecule has 7 nitrogen and oxygen atoms in total. The molecule has 0 aliphatic rings. The van der Waals surface area contributed by atoms with Gasteiger partial charge in [-0.2, -0.15) is 0 Å². The van der Waals surface area contributed by atoms with E-state index in [2.05, 4.69) is 4.72 Å². The summed E-state index contributed by atoms with van der Waals surface area (Å²) in [6, 6.07) is 6.42. The molecule has 1 rings (SSSR count). The predicted octanol–water partition coefficient (Wildman–Crippen LogP) is -1.47. The largest absolute Gasteiger partial charge is 0.399 e. The zero-order valence-corrected chi connectivity index (χ0v) is 10.4. The second-order valence-corrected chi connectivity index (χ2v) is 5.58. The van der Waals surface area contributed by atoms with Gasteiger partial charge in [-0.25, -0.2) is 13.1 Å². The maximum atomic E-state index is 11.6. The van der Waals surface area contributed by atoms with E-state index < -0.39 is 28.6 Å². The topological polar surface area (TPSA) is 136 Å². The van der Waals surface area contributed by atoms with Crippen LogP contribution >= 0.6 is 0 Å². The van der Waals surface area contributed by atoms with Crippen molar-refractivity contribution in [2.75, 3.05) is 12.3 Å². The molecule has 0 aromatic heterocycles. The van der Waals surface area contributed by atoms with Crippen LogP contribution in [0.25, 0.3) is 0 Å². The molecule has 18 heavy (non-hydrogen) atoms. The second-order valence-electron chi connectivity index (χ2n) is 3.77. The molecule has 6 N–H and O–H groups in total. The van der Waals surface area contributed by atoms with Gasteiger partial charge in [-0.05, 0) is 17.7 Å². The van der Waals surface area contributed by atoms with Gasteiger partial charge in [0.2, 0.25) is 15.9 Å². The maximum Gasteiger partial charge on any atom is 0.247 e. The fraction of sp³-hybridized carbons (Fsp3) is 0.300. The van der Waals surface area contributed by atoms with Crippen molar-refractivity contribution < 1.29 is 18.3 Å². The van der Waals surface area contributed by atoms with Crippen LogP contribution in [0, 0.1) is 0 Å². The Balaban J connectivity index is 2.63. The molecule has 1 atom stereocenters. The third-order valence-electron chi connectivity index (χ3n) is 2.13. The Morgan fingerprint density at radius 3 is 2.67 bits per heavy atom. The van der Waals surface area contributed by atoms with Crippen molar-refractivity contribution in [2.45, 2.75) is 11.9 Å². The first-order valence-corrected chi connectivity index (χ1v) is 6.74. The number of carbonyl (C=O) groups excluding carboxylic acids is 1. The highest BCUT2D eigenvalue weighted by Gasteiger charge is 2.16. The Hall–Kier alpha value is -1.64. The highest BCUT2D eigenvalue weighted by molar-refractivity contribution is 7.88. The molecule has 0 fully saturated rings. The average Bonchev–Trinajstić information content (AvgIpc) is 2.25. The number of rotatable bonds is 6. The fourth-order valence-electron chi connectivity index (χ4n) is 1.26. The molecule has 0 aliphatic heterocycles. The highest BCUT2D eigenvalue weighted by Crippen LogP contribution is 2.09. The van der Waals surface area contributed by atoms with Crippen LogP contribution in [0.5, 0.6) is 0 Å². The number of carbonyl (C=O) groups is 1. The summed E-state index contributed by atoms with van der Waals surface area (Å²) >= 11 is 0. The quantitative estimate of drug-likeness (QED) is 0.469. The lowest BCUT2D eigenvalue weighted by atomic mass is 10.2. The number of nitrogens with two attached hydrogens (primary N) is 2. The summed E-state index contributed by atoms with van der Waals surface area (Å²) in [6.45, 7) is -0.444. The van der Waals surface area contributed by atoms with Gasteiger partial charge in [0.1, 0.15) is 6.10 Å². The number of benzene rings is 1. The van der Waals surface area contributed by atoms with E-state index in [-0.39, 0.29) is 5.75 Å². The number of nitrogens with one attached hydrogen (secondary N) is 1.